The van der Waals surface area contributed by atoms with E-state index in [0.29, 0.717) is 13.0 Å². The Labute approximate surface area is 216 Å². The van der Waals surface area contributed by atoms with Gasteiger partial charge in [0, 0.05) is 6.61 Å². The molecule has 0 bridgehead atoms. The normalized spacial score (nSPS) is 13.1. The minimum atomic E-state index is -1.14. The molecule has 0 spiro atoms. The Morgan fingerprint density at radius 2 is 1.36 bits per heavy atom. The summed E-state index contributed by atoms with van der Waals surface area (Å²) in [4.78, 5) is 23.6. The second-order valence-electron chi connectivity index (χ2n) is 8.19. The summed E-state index contributed by atoms with van der Waals surface area (Å²) in [6.45, 7) is 4.44. The van der Waals surface area contributed by atoms with Crippen molar-refractivity contribution in [3.8, 4) is 5.75 Å². The van der Waals surface area contributed by atoms with E-state index in [2.05, 4.69) is 67.7 Å². The van der Waals surface area contributed by atoms with E-state index in [1.165, 1.54) is 12.1 Å². The number of carbonyl (C=O) groups excluding carboxylic acids is 1. The fraction of sp³-hybridized carbons (Fsp3) is 0.419. The van der Waals surface area contributed by atoms with Crippen molar-refractivity contribution in [2.75, 3.05) is 6.61 Å². The van der Waals surface area contributed by atoms with Gasteiger partial charge in [-0.1, -0.05) is 86.7 Å². The Bertz CT molecular complexity index is 892. The first kappa shape index (κ1) is 30.9. The lowest BCUT2D eigenvalue weighted by atomic mass is 10.2. The fourth-order valence-electron chi connectivity index (χ4n) is 3.22. The van der Waals surface area contributed by atoms with Crippen molar-refractivity contribution in [3.63, 3.8) is 0 Å². The molecule has 196 valence electrons. The molecule has 1 aromatic carbocycles. The van der Waals surface area contributed by atoms with Gasteiger partial charge in [0.05, 0.1) is 0 Å². The number of rotatable bonds is 19. The highest BCUT2D eigenvalue weighted by molar-refractivity contribution is 5.92. The van der Waals surface area contributed by atoms with E-state index in [1.807, 2.05) is 6.92 Å². The van der Waals surface area contributed by atoms with Gasteiger partial charge in [0.1, 0.15) is 11.3 Å². The molecule has 0 aromatic heterocycles. The first-order valence-corrected chi connectivity index (χ1v) is 13.0. The number of hydrogen-bond donors (Lipinski definition) is 1. The molecule has 0 fully saturated rings. The number of hydrogen-bond acceptors (Lipinski definition) is 4. The van der Waals surface area contributed by atoms with Crippen LogP contribution in [0.5, 0.6) is 5.75 Å². The minimum Gasteiger partial charge on any atom is -0.478 e. The van der Waals surface area contributed by atoms with Gasteiger partial charge in [-0.2, -0.15) is 0 Å². The van der Waals surface area contributed by atoms with Crippen LogP contribution in [0.3, 0.4) is 0 Å². The SMILES string of the molecule is CC/C=C\C/C=C\C/C=C\C/C=C\C/C=C\CCCCO[C@@H](CC)C(=O)Oc1ccccc1C(=O)O. The summed E-state index contributed by atoms with van der Waals surface area (Å²) in [5.41, 5.74) is -0.0437. The average Bonchev–Trinajstić information content (AvgIpc) is 2.87. The zero-order valence-corrected chi connectivity index (χ0v) is 21.8. The molecule has 0 aliphatic rings. The Kier molecular flexibility index (Phi) is 18.1. The number of para-hydroxylation sites is 1. The lowest BCUT2D eigenvalue weighted by molar-refractivity contribution is -0.147. The third-order valence-corrected chi connectivity index (χ3v) is 5.20. The first-order chi connectivity index (χ1) is 17.6. The van der Waals surface area contributed by atoms with Crippen LogP contribution in [0, 0.1) is 0 Å². The van der Waals surface area contributed by atoms with Crippen molar-refractivity contribution in [1.29, 1.82) is 0 Å². The molecule has 0 aliphatic heterocycles. The summed E-state index contributed by atoms with van der Waals surface area (Å²) in [6, 6.07) is 6.10. The summed E-state index contributed by atoms with van der Waals surface area (Å²) < 4.78 is 11.0. The van der Waals surface area contributed by atoms with E-state index in [1.54, 1.807) is 12.1 Å². The van der Waals surface area contributed by atoms with E-state index in [4.69, 9.17) is 9.47 Å². The van der Waals surface area contributed by atoms with Crippen molar-refractivity contribution in [3.05, 3.63) is 90.6 Å². The predicted molar refractivity (Wildman–Crippen MR) is 147 cm³/mol. The monoisotopic (exact) mass is 494 g/mol. The van der Waals surface area contributed by atoms with E-state index in [0.717, 1.165) is 51.4 Å². The summed E-state index contributed by atoms with van der Waals surface area (Å²) in [5.74, 6) is -1.66. The van der Waals surface area contributed by atoms with Crippen LogP contribution in [0.1, 0.15) is 82.0 Å². The maximum absolute atomic E-state index is 12.4. The quantitative estimate of drug-likeness (QED) is 0.0912. The molecule has 1 aromatic rings. The van der Waals surface area contributed by atoms with E-state index >= 15 is 0 Å². The fourth-order valence-corrected chi connectivity index (χ4v) is 3.22. The summed E-state index contributed by atoms with van der Waals surface area (Å²) in [5, 5.41) is 9.21. The number of benzene rings is 1. The molecule has 5 heteroatoms. The molecule has 0 radical (unpaired) electrons. The largest absolute Gasteiger partial charge is 0.478 e. The van der Waals surface area contributed by atoms with Crippen molar-refractivity contribution >= 4 is 11.9 Å². The first-order valence-electron chi connectivity index (χ1n) is 13.0. The molecule has 1 rings (SSSR count). The molecular weight excluding hydrogens is 452 g/mol. The molecule has 1 N–H and O–H groups in total. The lowest BCUT2D eigenvalue weighted by Gasteiger charge is -2.15. The van der Waals surface area contributed by atoms with Crippen LogP contribution < -0.4 is 4.74 Å². The molecular formula is C31H42O5. The standard InChI is InChI=1S/C31H42O5/c1-3-5-6-7-8-9-10-11-12-13-14-15-16-17-18-19-20-23-26-35-28(4-2)31(34)36-29-25-22-21-24-27(29)30(32)33/h5-6,8-9,11-12,14-15,17-18,21-22,24-25,28H,3-4,7,10,13,16,19-20,23,26H2,1-2H3,(H,32,33)/b6-5-,9-8-,12-11-,15-14-,18-17-/t28-/m0/s1. The van der Waals surface area contributed by atoms with Gasteiger partial charge >= 0.3 is 11.9 Å². The number of esters is 1. The van der Waals surface area contributed by atoms with Gasteiger partial charge in [0.15, 0.2) is 6.10 Å². The molecule has 0 heterocycles. The van der Waals surface area contributed by atoms with Crippen LogP contribution in [-0.2, 0) is 9.53 Å². The molecule has 0 amide bonds. The Morgan fingerprint density at radius 3 is 1.92 bits per heavy atom. The van der Waals surface area contributed by atoms with Gasteiger partial charge in [-0.25, -0.2) is 9.59 Å². The average molecular weight is 495 g/mol. The topological polar surface area (TPSA) is 72.8 Å². The third kappa shape index (κ3) is 14.9. The highest BCUT2D eigenvalue weighted by Gasteiger charge is 2.21. The minimum absolute atomic E-state index is 0.0374. The summed E-state index contributed by atoms with van der Waals surface area (Å²) in [6.07, 6.45) is 29.4. The van der Waals surface area contributed by atoms with Crippen LogP contribution >= 0.6 is 0 Å². The molecule has 0 aliphatic carbocycles. The van der Waals surface area contributed by atoms with Gasteiger partial charge in [-0.15, -0.1) is 0 Å². The Morgan fingerprint density at radius 1 is 0.806 bits per heavy atom. The van der Waals surface area contributed by atoms with E-state index < -0.39 is 18.0 Å². The molecule has 0 unspecified atom stereocenters. The van der Waals surface area contributed by atoms with Gasteiger partial charge in [0.2, 0.25) is 0 Å². The molecule has 1 atom stereocenters. The van der Waals surface area contributed by atoms with E-state index in [-0.39, 0.29) is 11.3 Å². The number of carboxylic acids is 1. The molecule has 36 heavy (non-hydrogen) atoms. The Hall–Kier alpha value is -3.18. The number of carbonyl (C=O) groups is 2. The zero-order chi connectivity index (χ0) is 26.3. The molecule has 0 saturated carbocycles. The number of aromatic carboxylic acids is 1. The lowest BCUT2D eigenvalue weighted by Crippen LogP contribution is -2.29. The summed E-state index contributed by atoms with van der Waals surface area (Å²) >= 11 is 0. The molecule has 5 nitrogen and oxygen atoms in total. The molecule has 0 saturated heterocycles. The van der Waals surface area contributed by atoms with E-state index in [9.17, 15) is 14.7 Å². The predicted octanol–water partition coefficient (Wildman–Crippen LogP) is 8.01. The van der Waals surface area contributed by atoms with Crippen LogP contribution in [0.25, 0.3) is 0 Å². The van der Waals surface area contributed by atoms with Gasteiger partial charge in [-0.05, 0) is 69.9 Å². The third-order valence-electron chi connectivity index (χ3n) is 5.20. The van der Waals surface area contributed by atoms with Crippen molar-refractivity contribution < 1.29 is 24.2 Å². The second kappa shape index (κ2) is 21.1. The van der Waals surface area contributed by atoms with Gasteiger partial charge in [-0.3, -0.25) is 0 Å². The van der Waals surface area contributed by atoms with Crippen LogP contribution in [0.4, 0.5) is 0 Å². The number of allylic oxidation sites excluding steroid dienone is 10. The smallest absolute Gasteiger partial charge is 0.340 e. The van der Waals surface area contributed by atoms with Gasteiger partial charge in [0.25, 0.3) is 0 Å². The highest BCUT2D eigenvalue weighted by Crippen LogP contribution is 2.19. The number of carboxylic acid groups (broad SMARTS) is 1. The number of unbranched alkanes of at least 4 members (excludes halogenated alkanes) is 2. The van der Waals surface area contributed by atoms with Crippen LogP contribution in [-0.4, -0.2) is 29.8 Å². The second-order valence-corrected chi connectivity index (χ2v) is 8.19. The maximum atomic E-state index is 12.4. The highest BCUT2D eigenvalue weighted by atomic mass is 16.6. The van der Waals surface area contributed by atoms with Crippen molar-refractivity contribution in [1.82, 2.24) is 0 Å². The van der Waals surface area contributed by atoms with Crippen LogP contribution in [0.15, 0.2) is 85.0 Å². The van der Waals surface area contributed by atoms with Crippen molar-refractivity contribution in [2.45, 2.75) is 77.7 Å². The van der Waals surface area contributed by atoms with Gasteiger partial charge < -0.3 is 14.6 Å². The maximum Gasteiger partial charge on any atom is 0.340 e. The Balaban J connectivity index is 2.13. The number of ether oxygens (including phenoxy) is 2. The summed E-state index contributed by atoms with van der Waals surface area (Å²) in [7, 11) is 0. The van der Waals surface area contributed by atoms with Crippen LogP contribution in [0.2, 0.25) is 0 Å². The zero-order valence-electron chi connectivity index (χ0n) is 21.8. The van der Waals surface area contributed by atoms with Crippen molar-refractivity contribution in [2.24, 2.45) is 0 Å².